The predicted molar refractivity (Wildman–Crippen MR) is 200 cm³/mol. The Morgan fingerprint density at radius 2 is 1.31 bits per heavy atom. The van der Waals surface area contributed by atoms with Gasteiger partial charge >= 0.3 is 0 Å². The first kappa shape index (κ1) is 32.5. The van der Waals surface area contributed by atoms with Crippen molar-refractivity contribution in [3.05, 3.63) is 150 Å². The lowest BCUT2D eigenvalue weighted by atomic mass is 9.95. The molecule has 6 aromatic rings. The molecule has 0 saturated carbocycles. The molecule has 250 valence electrons. The van der Waals surface area contributed by atoms with Crippen LogP contribution < -0.4 is 19.5 Å². The van der Waals surface area contributed by atoms with Crippen LogP contribution in [0.5, 0.6) is 17.2 Å². The van der Waals surface area contributed by atoms with Gasteiger partial charge in [0, 0.05) is 17.4 Å². The molecule has 1 N–H and O–H groups in total. The van der Waals surface area contributed by atoms with Crippen molar-refractivity contribution in [1.29, 1.82) is 0 Å². The van der Waals surface area contributed by atoms with Crippen LogP contribution in [-0.4, -0.2) is 24.3 Å². The number of nitrogens with zero attached hydrogens (tertiary/aromatic N) is 1. The normalized spacial score (nSPS) is 14.5. The first-order valence-electron chi connectivity index (χ1n) is 17.7. The van der Waals surface area contributed by atoms with E-state index < -0.39 is 0 Å². The van der Waals surface area contributed by atoms with Gasteiger partial charge in [0.2, 0.25) is 0 Å². The molecule has 1 aromatic heterocycles. The number of nitrogens with one attached hydrogen (secondary N) is 1. The highest BCUT2D eigenvalue weighted by Gasteiger charge is 2.18. The SMILES string of the molecule is Cc1c(-c2ccc(OCc3ccccc3)cc2)n(Cc2ccc(OCCCC3CCCNC3)cc2)c2ccc(OCc3ccccc3)cc12. The number of piperidine rings is 1. The minimum Gasteiger partial charge on any atom is -0.494 e. The Bertz CT molecular complexity index is 1910. The molecule has 0 radical (unpaired) electrons. The second kappa shape index (κ2) is 15.9. The first-order valence-corrected chi connectivity index (χ1v) is 17.7. The Labute approximate surface area is 290 Å². The molecular weight excluding hydrogens is 604 g/mol. The number of fused-ring (bicyclic) bond motifs is 1. The molecule has 1 saturated heterocycles. The third kappa shape index (κ3) is 8.36. The number of hydrogen-bond donors (Lipinski definition) is 1. The number of benzene rings is 5. The molecule has 2 heterocycles. The van der Waals surface area contributed by atoms with E-state index in [0.717, 1.165) is 66.0 Å². The molecule has 5 nitrogen and oxygen atoms in total. The van der Waals surface area contributed by atoms with Gasteiger partial charge in [-0.1, -0.05) is 72.8 Å². The summed E-state index contributed by atoms with van der Waals surface area (Å²) in [4.78, 5) is 0. The van der Waals surface area contributed by atoms with Crippen molar-refractivity contribution in [3.63, 3.8) is 0 Å². The molecule has 1 fully saturated rings. The van der Waals surface area contributed by atoms with Crippen LogP contribution in [0, 0.1) is 12.8 Å². The lowest BCUT2D eigenvalue weighted by Crippen LogP contribution is -2.29. The number of aryl methyl sites for hydroxylation is 1. The summed E-state index contributed by atoms with van der Waals surface area (Å²) in [5.41, 5.74) is 8.30. The van der Waals surface area contributed by atoms with E-state index in [-0.39, 0.29) is 0 Å². The zero-order valence-corrected chi connectivity index (χ0v) is 28.4. The van der Waals surface area contributed by atoms with Crippen LogP contribution in [0.3, 0.4) is 0 Å². The van der Waals surface area contributed by atoms with E-state index in [1.807, 2.05) is 36.4 Å². The molecule has 49 heavy (non-hydrogen) atoms. The smallest absolute Gasteiger partial charge is 0.120 e. The maximum Gasteiger partial charge on any atom is 0.120 e. The van der Waals surface area contributed by atoms with Crippen LogP contribution in [0.25, 0.3) is 22.2 Å². The van der Waals surface area contributed by atoms with E-state index in [2.05, 4.69) is 108 Å². The van der Waals surface area contributed by atoms with E-state index >= 15 is 0 Å². The summed E-state index contributed by atoms with van der Waals surface area (Å²) in [6, 6.07) is 44.2. The van der Waals surface area contributed by atoms with E-state index in [4.69, 9.17) is 14.2 Å². The molecule has 5 aromatic carbocycles. The fraction of sp³-hybridized carbons (Fsp3) is 0.273. The standard InChI is InChI=1S/C44H46N2O3/c1-33-42-28-41(49-32-37-12-6-3-7-13-37)24-25-43(42)46(44(33)38-18-22-40(23-19-38)48-31-36-10-4-2-5-11-36)30-35-16-20-39(21-17-35)47-27-9-15-34-14-8-26-45-29-34/h2-7,10-13,16-25,28,34,45H,8-9,14-15,26-27,29-32H2,1H3. The number of ether oxygens (including phenoxy) is 3. The molecule has 1 unspecified atom stereocenters. The fourth-order valence-electron chi connectivity index (χ4n) is 6.92. The molecule has 0 spiro atoms. The molecule has 1 aliphatic rings. The first-order chi connectivity index (χ1) is 24.2. The van der Waals surface area contributed by atoms with E-state index in [9.17, 15) is 0 Å². The van der Waals surface area contributed by atoms with Crippen LogP contribution in [0.15, 0.2) is 127 Å². The van der Waals surface area contributed by atoms with Gasteiger partial charge in [-0.05, 0) is 134 Å². The van der Waals surface area contributed by atoms with Crippen LogP contribution in [0.1, 0.15) is 47.9 Å². The van der Waals surface area contributed by atoms with E-state index in [1.165, 1.54) is 53.5 Å². The van der Waals surface area contributed by atoms with Gasteiger partial charge in [0.25, 0.3) is 0 Å². The molecule has 0 bridgehead atoms. The minimum atomic E-state index is 0.537. The quantitative estimate of drug-likeness (QED) is 0.119. The molecular formula is C44H46N2O3. The van der Waals surface area contributed by atoms with Crippen molar-refractivity contribution in [3.8, 4) is 28.5 Å². The van der Waals surface area contributed by atoms with Gasteiger partial charge in [0.1, 0.15) is 30.5 Å². The Morgan fingerprint density at radius 3 is 1.98 bits per heavy atom. The highest BCUT2D eigenvalue weighted by atomic mass is 16.5. The number of aromatic nitrogens is 1. The van der Waals surface area contributed by atoms with Gasteiger partial charge in [-0.25, -0.2) is 0 Å². The van der Waals surface area contributed by atoms with Gasteiger partial charge < -0.3 is 24.1 Å². The molecule has 5 heteroatoms. The fourth-order valence-corrected chi connectivity index (χ4v) is 6.92. The Balaban J connectivity index is 1.10. The van der Waals surface area contributed by atoms with E-state index in [0.29, 0.717) is 13.2 Å². The van der Waals surface area contributed by atoms with Crippen molar-refractivity contribution >= 4 is 10.9 Å². The summed E-state index contributed by atoms with van der Waals surface area (Å²) in [6.07, 6.45) is 4.96. The molecule has 1 atom stereocenters. The predicted octanol–water partition coefficient (Wildman–Crippen LogP) is 9.98. The zero-order valence-electron chi connectivity index (χ0n) is 28.4. The summed E-state index contributed by atoms with van der Waals surface area (Å²) in [7, 11) is 0. The number of hydrogen-bond acceptors (Lipinski definition) is 4. The molecule has 0 amide bonds. The lowest BCUT2D eigenvalue weighted by Gasteiger charge is -2.22. The van der Waals surface area contributed by atoms with Gasteiger partial charge in [-0.3, -0.25) is 0 Å². The van der Waals surface area contributed by atoms with Gasteiger partial charge in [0.05, 0.1) is 12.3 Å². The van der Waals surface area contributed by atoms with Crippen molar-refractivity contribution in [2.75, 3.05) is 19.7 Å². The Morgan fingerprint density at radius 1 is 0.673 bits per heavy atom. The minimum absolute atomic E-state index is 0.537. The third-order valence-corrected chi connectivity index (χ3v) is 9.60. The summed E-state index contributed by atoms with van der Waals surface area (Å²) in [5.74, 6) is 3.45. The van der Waals surface area contributed by atoms with Crippen molar-refractivity contribution < 1.29 is 14.2 Å². The van der Waals surface area contributed by atoms with Crippen molar-refractivity contribution in [2.24, 2.45) is 5.92 Å². The average molecular weight is 651 g/mol. The topological polar surface area (TPSA) is 44.7 Å². The molecule has 1 aliphatic heterocycles. The van der Waals surface area contributed by atoms with Gasteiger partial charge in [0.15, 0.2) is 0 Å². The van der Waals surface area contributed by atoms with Crippen LogP contribution >= 0.6 is 0 Å². The van der Waals surface area contributed by atoms with Crippen LogP contribution in [0.4, 0.5) is 0 Å². The molecule has 0 aliphatic carbocycles. The third-order valence-electron chi connectivity index (χ3n) is 9.60. The lowest BCUT2D eigenvalue weighted by molar-refractivity contribution is 0.275. The maximum atomic E-state index is 6.25. The second-order valence-corrected chi connectivity index (χ2v) is 13.2. The molecule has 7 rings (SSSR count). The number of rotatable bonds is 14. The Hall–Kier alpha value is -5.00. The largest absolute Gasteiger partial charge is 0.494 e. The summed E-state index contributed by atoms with van der Waals surface area (Å²) >= 11 is 0. The van der Waals surface area contributed by atoms with Crippen LogP contribution in [-0.2, 0) is 19.8 Å². The van der Waals surface area contributed by atoms with Gasteiger partial charge in [-0.2, -0.15) is 0 Å². The monoisotopic (exact) mass is 650 g/mol. The zero-order chi connectivity index (χ0) is 33.3. The summed E-state index contributed by atoms with van der Waals surface area (Å²) < 4.78 is 20.9. The highest BCUT2D eigenvalue weighted by Crippen LogP contribution is 2.37. The second-order valence-electron chi connectivity index (χ2n) is 13.2. The Kier molecular flexibility index (Phi) is 10.6. The van der Waals surface area contributed by atoms with Gasteiger partial charge in [-0.15, -0.1) is 0 Å². The van der Waals surface area contributed by atoms with Crippen LogP contribution in [0.2, 0.25) is 0 Å². The summed E-state index contributed by atoms with van der Waals surface area (Å²) in [6.45, 7) is 7.12. The average Bonchev–Trinajstić information content (AvgIpc) is 3.43. The maximum absolute atomic E-state index is 6.25. The van der Waals surface area contributed by atoms with E-state index in [1.54, 1.807) is 0 Å². The summed E-state index contributed by atoms with van der Waals surface area (Å²) in [5, 5.41) is 4.71. The van der Waals surface area contributed by atoms with Crippen molar-refractivity contribution in [1.82, 2.24) is 9.88 Å². The van der Waals surface area contributed by atoms with Crippen molar-refractivity contribution in [2.45, 2.75) is 52.4 Å². The highest BCUT2D eigenvalue weighted by molar-refractivity contribution is 5.92.